The zero-order chi connectivity index (χ0) is 10.7. The third-order valence-corrected chi connectivity index (χ3v) is 3.89. The Morgan fingerprint density at radius 1 is 1.40 bits per heavy atom. The van der Waals surface area contributed by atoms with E-state index in [0.717, 1.165) is 16.7 Å². The molecule has 4 heteroatoms. The highest BCUT2D eigenvalue weighted by molar-refractivity contribution is 7.99. The van der Waals surface area contributed by atoms with Gasteiger partial charge in [0.25, 0.3) is 0 Å². The lowest BCUT2D eigenvalue weighted by Gasteiger charge is -2.07. The van der Waals surface area contributed by atoms with Crippen LogP contribution in [0.2, 0.25) is 0 Å². The third-order valence-electron chi connectivity index (χ3n) is 2.75. The standard InChI is InChI=1S/C11H15FN2S/c1-8-6-10(14-11(12)13-8)15-7-9-4-2-3-5-9/h6,9H,2-5,7H2,1H3. The molecule has 1 aliphatic rings. The maximum Gasteiger partial charge on any atom is 0.309 e. The molecule has 1 heterocycles. The molecule has 0 bridgehead atoms. The van der Waals surface area contributed by atoms with Gasteiger partial charge >= 0.3 is 6.08 Å². The molecule has 1 aromatic rings. The highest BCUT2D eigenvalue weighted by Gasteiger charge is 2.15. The molecule has 0 amide bonds. The van der Waals surface area contributed by atoms with Crippen LogP contribution in [-0.2, 0) is 0 Å². The molecular formula is C11H15FN2S. The topological polar surface area (TPSA) is 25.8 Å². The zero-order valence-corrected chi connectivity index (χ0v) is 9.69. The number of aryl methyl sites for hydroxylation is 1. The number of rotatable bonds is 3. The van der Waals surface area contributed by atoms with E-state index in [9.17, 15) is 4.39 Å². The summed E-state index contributed by atoms with van der Waals surface area (Å²) in [5.74, 6) is 1.86. The van der Waals surface area contributed by atoms with Gasteiger partial charge in [-0.3, -0.25) is 0 Å². The molecule has 1 aliphatic carbocycles. The normalized spacial score (nSPS) is 17.2. The number of aromatic nitrogens is 2. The minimum absolute atomic E-state index is 0.607. The van der Waals surface area contributed by atoms with Crippen LogP contribution in [0.3, 0.4) is 0 Å². The Hall–Kier alpha value is -0.640. The second-order valence-corrected chi connectivity index (χ2v) is 5.12. The quantitative estimate of drug-likeness (QED) is 0.449. The van der Waals surface area contributed by atoms with Gasteiger partial charge < -0.3 is 0 Å². The zero-order valence-electron chi connectivity index (χ0n) is 8.87. The molecule has 0 saturated heterocycles. The Kier molecular flexibility index (Phi) is 3.57. The first-order valence-electron chi connectivity index (χ1n) is 5.38. The van der Waals surface area contributed by atoms with Gasteiger partial charge in [-0.05, 0) is 31.7 Å². The largest absolute Gasteiger partial charge is 0.309 e. The number of halogens is 1. The summed E-state index contributed by atoms with van der Waals surface area (Å²) in [7, 11) is 0. The minimum Gasteiger partial charge on any atom is -0.208 e. The fourth-order valence-corrected chi connectivity index (χ4v) is 3.09. The Balaban J connectivity index is 1.92. The van der Waals surface area contributed by atoms with Crippen LogP contribution in [0.25, 0.3) is 0 Å². The van der Waals surface area contributed by atoms with Gasteiger partial charge in [0.2, 0.25) is 0 Å². The van der Waals surface area contributed by atoms with Gasteiger partial charge in [-0.2, -0.15) is 9.37 Å². The van der Waals surface area contributed by atoms with Crippen molar-refractivity contribution in [2.24, 2.45) is 5.92 Å². The monoisotopic (exact) mass is 226 g/mol. The van der Waals surface area contributed by atoms with Crippen molar-refractivity contribution in [3.05, 3.63) is 17.8 Å². The average molecular weight is 226 g/mol. The van der Waals surface area contributed by atoms with Crippen LogP contribution >= 0.6 is 11.8 Å². The molecule has 1 saturated carbocycles. The Labute approximate surface area is 93.7 Å². The minimum atomic E-state index is -0.607. The molecule has 0 atom stereocenters. The Morgan fingerprint density at radius 2 is 2.13 bits per heavy atom. The molecule has 2 rings (SSSR count). The number of thioether (sulfide) groups is 1. The van der Waals surface area contributed by atoms with Crippen LogP contribution in [0.15, 0.2) is 11.1 Å². The van der Waals surface area contributed by atoms with Crippen LogP contribution in [0, 0.1) is 18.9 Å². The highest BCUT2D eigenvalue weighted by atomic mass is 32.2. The second-order valence-electron chi connectivity index (χ2n) is 4.08. The molecule has 0 unspecified atom stereocenters. The van der Waals surface area contributed by atoms with E-state index in [1.807, 2.05) is 6.07 Å². The van der Waals surface area contributed by atoms with Crippen molar-refractivity contribution in [2.75, 3.05) is 5.75 Å². The number of hydrogen-bond acceptors (Lipinski definition) is 3. The first kappa shape index (κ1) is 10.9. The number of nitrogens with zero attached hydrogens (tertiary/aromatic N) is 2. The number of hydrogen-bond donors (Lipinski definition) is 0. The van der Waals surface area contributed by atoms with E-state index in [-0.39, 0.29) is 0 Å². The molecule has 15 heavy (non-hydrogen) atoms. The van der Waals surface area contributed by atoms with Crippen LogP contribution in [0.4, 0.5) is 4.39 Å². The van der Waals surface area contributed by atoms with E-state index in [1.165, 1.54) is 25.7 Å². The molecule has 0 aliphatic heterocycles. The maximum absolute atomic E-state index is 12.9. The van der Waals surface area contributed by atoms with E-state index in [2.05, 4.69) is 9.97 Å². The lowest BCUT2D eigenvalue weighted by molar-refractivity contribution is 0.522. The summed E-state index contributed by atoms with van der Waals surface area (Å²) in [5, 5.41) is 0.770. The van der Waals surface area contributed by atoms with Crippen LogP contribution < -0.4 is 0 Å². The average Bonchev–Trinajstić information content (AvgIpc) is 2.65. The van der Waals surface area contributed by atoms with Crippen molar-refractivity contribution in [3.63, 3.8) is 0 Å². The van der Waals surface area contributed by atoms with Gasteiger partial charge in [0.15, 0.2) is 0 Å². The van der Waals surface area contributed by atoms with Gasteiger partial charge in [-0.15, -0.1) is 11.8 Å². The van der Waals surface area contributed by atoms with Gasteiger partial charge in [0.1, 0.15) is 5.03 Å². The van der Waals surface area contributed by atoms with Crippen molar-refractivity contribution < 1.29 is 4.39 Å². The van der Waals surface area contributed by atoms with E-state index in [1.54, 1.807) is 18.7 Å². The fraction of sp³-hybridized carbons (Fsp3) is 0.636. The van der Waals surface area contributed by atoms with Crippen molar-refractivity contribution in [1.29, 1.82) is 0 Å². The van der Waals surface area contributed by atoms with Crippen molar-refractivity contribution in [1.82, 2.24) is 9.97 Å². The van der Waals surface area contributed by atoms with E-state index in [0.29, 0.717) is 5.69 Å². The molecule has 1 aromatic heterocycles. The van der Waals surface area contributed by atoms with Gasteiger partial charge in [0.05, 0.1) is 0 Å². The molecule has 82 valence electrons. The van der Waals surface area contributed by atoms with Crippen molar-refractivity contribution >= 4 is 11.8 Å². The summed E-state index contributed by atoms with van der Waals surface area (Å²) in [4.78, 5) is 7.40. The molecular weight excluding hydrogens is 211 g/mol. The smallest absolute Gasteiger partial charge is 0.208 e. The lowest BCUT2D eigenvalue weighted by Crippen LogP contribution is -1.99. The predicted octanol–water partition coefficient (Wildman–Crippen LogP) is 3.21. The summed E-state index contributed by atoms with van der Waals surface area (Å²) in [6.07, 6.45) is 4.73. The molecule has 0 aromatic carbocycles. The predicted molar refractivity (Wildman–Crippen MR) is 59.4 cm³/mol. The highest BCUT2D eigenvalue weighted by Crippen LogP contribution is 2.30. The molecule has 0 radical (unpaired) electrons. The van der Waals surface area contributed by atoms with E-state index < -0.39 is 6.08 Å². The van der Waals surface area contributed by atoms with Crippen LogP contribution in [0.1, 0.15) is 31.4 Å². The SMILES string of the molecule is Cc1cc(SCC2CCCC2)nc(F)n1. The van der Waals surface area contributed by atoms with Crippen molar-refractivity contribution in [2.45, 2.75) is 37.6 Å². The van der Waals surface area contributed by atoms with Gasteiger partial charge in [-0.1, -0.05) is 12.8 Å². The summed E-state index contributed by atoms with van der Waals surface area (Å²) >= 11 is 1.65. The third kappa shape index (κ3) is 3.16. The fourth-order valence-electron chi connectivity index (χ4n) is 1.96. The molecule has 0 spiro atoms. The Bertz CT molecular complexity index is 317. The van der Waals surface area contributed by atoms with Crippen molar-refractivity contribution in [3.8, 4) is 0 Å². The first-order chi connectivity index (χ1) is 7.24. The summed E-state index contributed by atoms with van der Waals surface area (Å²) in [6.45, 7) is 1.80. The van der Waals surface area contributed by atoms with Crippen LogP contribution in [0.5, 0.6) is 0 Å². The summed E-state index contributed by atoms with van der Waals surface area (Å²) in [6, 6.07) is 1.85. The second kappa shape index (κ2) is 4.92. The van der Waals surface area contributed by atoms with E-state index in [4.69, 9.17) is 0 Å². The summed E-state index contributed by atoms with van der Waals surface area (Å²) in [5.41, 5.74) is 0.705. The Morgan fingerprint density at radius 3 is 2.80 bits per heavy atom. The van der Waals surface area contributed by atoms with Gasteiger partial charge in [0, 0.05) is 11.4 Å². The molecule has 1 fully saturated rings. The maximum atomic E-state index is 12.9. The molecule has 2 nitrogen and oxygen atoms in total. The lowest BCUT2D eigenvalue weighted by atomic mass is 10.1. The van der Waals surface area contributed by atoms with Crippen LogP contribution in [-0.4, -0.2) is 15.7 Å². The van der Waals surface area contributed by atoms with E-state index >= 15 is 0 Å². The summed E-state index contributed by atoms with van der Waals surface area (Å²) < 4.78 is 12.9. The van der Waals surface area contributed by atoms with Gasteiger partial charge in [-0.25, -0.2) is 4.98 Å². The first-order valence-corrected chi connectivity index (χ1v) is 6.36. The molecule has 0 N–H and O–H groups in total.